The maximum Gasteiger partial charge on any atom is 0.434 e. The topological polar surface area (TPSA) is 57.8 Å². The van der Waals surface area contributed by atoms with Crippen molar-refractivity contribution in [3.05, 3.63) is 62.2 Å². The number of halogens is 3. The van der Waals surface area contributed by atoms with Crippen molar-refractivity contribution in [2.75, 3.05) is 5.32 Å². The highest BCUT2D eigenvalue weighted by atomic mass is 32.1. The van der Waals surface area contributed by atoms with Gasteiger partial charge in [0.1, 0.15) is 0 Å². The van der Waals surface area contributed by atoms with Crippen LogP contribution in [0.15, 0.2) is 40.5 Å². The Labute approximate surface area is 143 Å². The largest absolute Gasteiger partial charge is 0.434 e. The molecule has 0 fully saturated rings. The highest BCUT2D eigenvalue weighted by Crippen LogP contribution is 2.33. The van der Waals surface area contributed by atoms with Crippen LogP contribution in [0.5, 0.6) is 0 Å². The number of nitrogens with one attached hydrogen (secondary N) is 2. The van der Waals surface area contributed by atoms with Crippen LogP contribution in [-0.4, -0.2) is 9.36 Å². The van der Waals surface area contributed by atoms with Gasteiger partial charge in [0.2, 0.25) is 0 Å². The molecule has 0 radical (unpaired) electrons. The van der Waals surface area contributed by atoms with Crippen molar-refractivity contribution in [1.29, 1.82) is 0 Å². The van der Waals surface area contributed by atoms with E-state index < -0.39 is 11.9 Å². The Morgan fingerprint density at radius 2 is 1.96 bits per heavy atom. The Balaban J connectivity index is 1.73. The van der Waals surface area contributed by atoms with Gasteiger partial charge in [0.25, 0.3) is 5.56 Å². The molecule has 4 nitrogen and oxygen atoms in total. The number of benzene rings is 1. The van der Waals surface area contributed by atoms with Gasteiger partial charge in [0.15, 0.2) is 10.8 Å². The Bertz CT molecular complexity index is 880. The third kappa shape index (κ3) is 3.68. The standard InChI is InChI=1S/C15H12F3N3OS2/c1-8(11-6-13(22)21-24-11)9-2-4-10(5-3-9)19-14-20-12(7-23-14)15(16,17)18/h2-8H,1H3,(H,19,20)(H,21,22). The van der Waals surface area contributed by atoms with E-state index in [9.17, 15) is 18.0 Å². The number of nitrogens with zero attached hydrogens (tertiary/aromatic N) is 1. The SMILES string of the molecule is CC(c1ccc(Nc2nc(C(F)(F)F)cs2)cc1)c1cc(=O)[nH]s1. The van der Waals surface area contributed by atoms with Crippen LogP contribution in [0.2, 0.25) is 0 Å². The smallest absolute Gasteiger partial charge is 0.332 e. The average Bonchev–Trinajstić information content (AvgIpc) is 3.16. The van der Waals surface area contributed by atoms with Crippen LogP contribution in [0, 0.1) is 0 Å². The second-order valence-corrected chi connectivity index (χ2v) is 6.86. The zero-order valence-electron chi connectivity index (χ0n) is 12.3. The molecule has 0 bridgehead atoms. The van der Waals surface area contributed by atoms with E-state index in [2.05, 4.69) is 14.7 Å². The molecule has 9 heteroatoms. The van der Waals surface area contributed by atoms with Gasteiger partial charge in [-0.05, 0) is 17.7 Å². The fourth-order valence-electron chi connectivity index (χ4n) is 2.11. The van der Waals surface area contributed by atoms with Gasteiger partial charge in [0, 0.05) is 27.9 Å². The third-order valence-electron chi connectivity index (χ3n) is 3.43. The molecular weight excluding hydrogens is 359 g/mol. The summed E-state index contributed by atoms with van der Waals surface area (Å²) in [6, 6.07) is 8.85. The molecule has 0 amide bonds. The molecule has 3 rings (SSSR count). The van der Waals surface area contributed by atoms with Gasteiger partial charge in [-0.3, -0.25) is 9.17 Å². The summed E-state index contributed by atoms with van der Waals surface area (Å²) >= 11 is 2.20. The number of hydrogen-bond donors (Lipinski definition) is 2. The maximum atomic E-state index is 12.5. The van der Waals surface area contributed by atoms with Crippen LogP contribution < -0.4 is 10.9 Å². The molecule has 2 N–H and O–H groups in total. The van der Waals surface area contributed by atoms with E-state index in [1.165, 1.54) is 11.5 Å². The lowest BCUT2D eigenvalue weighted by Gasteiger charge is -2.10. The van der Waals surface area contributed by atoms with Crippen molar-refractivity contribution in [1.82, 2.24) is 9.36 Å². The molecular formula is C15H12F3N3OS2. The molecule has 1 unspecified atom stereocenters. The summed E-state index contributed by atoms with van der Waals surface area (Å²) in [6.45, 7) is 1.98. The number of H-pyrrole nitrogens is 1. The van der Waals surface area contributed by atoms with Gasteiger partial charge < -0.3 is 5.32 Å². The molecule has 3 aromatic rings. The molecule has 0 saturated carbocycles. The first-order chi connectivity index (χ1) is 11.3. The van der Waals surface area contributed by atoms with E-state index in [0.29, 0.717) is 5.69 Å². The number of aromatic nitrogens is 2. The molecule has 0 spiro atoms. The second-order valence-electron chi connectivity index (χ2n) is 5.12. The van der Waals surface area contributed by atoms with E-state index in [1.807, 2.05) is 19.1 Å². The highest BCUT2D eigenvalue weighted by Gasteiger charge is 2.33. The first-order valence-electron chi connectivity index (χ1n) is 6.91. The summed E-state index contributed by atoms with van der Waals surface area (Å²) in [5.74, 6) is 0.0553. The Kier molecular flexibility index (Phi) is 4.46. The van der Waals surface area contributed by atoms with E-state index in [1.54, 1.807) is 18.2 Å². The summed E-state index contributed by atoms with van der Waals surface area (Å²) in [6.07, 6.45) is -4.44. The number of thiazole rings is 1. The maximum absolute atomic E-state index is 12.5. The molecule has 126 valence electrons. The summed E-state index contributed by atoms with van der Waals surface area (Å²) in [5.41, 5.74) is 0.634. The number of alkyl halides is 3. The van der Waals surface area contributed by atoms with Crippen LogP contribution in [0.25, 0.3) is 0 Å². The van der Waals surface area contributed by atoms with Gasteiger partial charge in [-0.25, -0.2) is 4.98 Å². The number of aromatic amines is 1. The van der Waals surface area contributed by atoms with E-state index in [-0.39, 0.29) is 16.6 Å². The lowest BCUT2D eigenvalue weighted by atomic mass is 9.99. The van der Waals surface area contributed by atoms with E-state index in [4.69, 9.17) is 0 Å². The summed E-state index contributed by atoms with van der Waals surface area (Å²) in [5, 5.41) is 4.03. The fraction of sp³-hybridized carbons (Fsp3) is 0.200. The average molecular weight is 371 g/mol. The molecule has 2 heterocycles. The zero-order valence-corrected chi connectivity index (χ0v) is 14.0. The van der Waals surface area contributed by atoms with E-state index in [0.717, 1.165) is 27.2 Å². The first-order valence-corrected chi connectivity index (χ1v) is 8.60. The molecule has 1 aromatic carbocycles. The minimum Gasteiger partial charge on any atom is -0.332 e. The Morgan fingerprint density at radius 3 is 2.50 bits per heavy atom. The predicted molar refractivity (Wildman–Crippen MR) is 89.3 cm³/mol. The monoisotopic (exact) mass is 371 g/mol. The fourth-order valence-corrected chi connectivity index (χ4v) is 3.61. The highest BCUT2D eigenvalue weighted by molar-refractivity contribution is 7.13. The van der Waals surface area contributed by atoms with Crippen LogP contribution in [0.3, 0.4) is 0 Å². The molecule has 0 saturated heterocycles. The van der Waals surface area contributed by atoms with Crippen molar-refractivity contribution in [2.24, 2.45) is 0 Å². The number of rotatable bonds is 4. The van der Waals surface area contributed by atoms with Crippen molar-refractivity contribution in [3.63, 3.8) is 0 Å². The van der Waals surface area contributed by atoms with Crippen molar-refractivity contribution in [2.45, 2.75) is 19.0 Å². The molecule has 2 aromatic heterocycles. The zero-order chi connectivity index (χ0) is 17.3. The van der Waals surface area contributed by atoms with Gasteiger partial charge in [-0.2, -0.15) is 13.2 Å². The quantitative estimate of drug-likeness (QED) is 0.692. The normalized spacial score (nSPS) is 13.0. The van der Waals surface area contributed by atoms with Gasteiger partial charge >= 0.3 is 6.18 Å². The lowest BCUT2D eigenvalue weighted by molar-refractivity contribution is -0.140. The van der Waals surface area contributed by atoms with Crippen LogP contribution in [0.1, 0.15) is 29.0 Å². The second kappa shape index (κ2) is 6.40. The van der Waals surface area contributed by atoms with Crippen molar-refractivity contribution < 1.29 is 13.2 Å². The summed E-state index contributed by atoms with van der Waals surface area (Å²) in [7, 11) is 0. The van der Waals surface area contributed by atoms with Crippen LogP contribution in [0.4, 0.5) is 24.0 Å². The lowest BCUT2D eigenvalue weighted by Crippen LogP contribution is -2.05. The van der Waals surface area contributed by atoms with Gasteiger partial charge in [0.05, 0.1) is 0 Å². The van der Waals surface area contributed by atoms with Gasteiger partial charge in [-0.1, -0.05) is 30.6 Å². The predicted octanol–water partition coefficient (Wildman–Crippen LogP) is 4.81. The minimum atomic E-state index is -4.44. The third-order valence-corrected chi connectivity index (χ3v) is 5.19. The van der Waals surface area contributed by atoms with Crippen molar-refractivity contribution in [3.8, 4) is 0 Å². The molecule has 24 heavy (non-hydrogen) atoms. The van der Waals surface area contributed by atoms with E-state index >= 15 is 0 Å². The Hall–Kier alpha value is -2.13. The minimum absolute atomic E-state index is 0.0553. The first kappa shape index (κ1) is 16.7. The molecule has 1 atom stereocenters. The summed E-state index contributed by atoms with van der Waals surface area (Å²) < 4.78 is 40.3. The van der Waals surface area contributed by atoms with Gasteiger partial charge in [-0.15, -0.1) is 11.3 Å². The molecule has 0 aliphatic carbocycles. The molecule has 0 aliphatic rings. The van der Waals surface area contributed by atoms with Crippen molar-refractivity contribution >= 4 is 33.7 Å². The van der Waals surface area contributed by atoms with Crippen LogP contribution in [-0.2, 0) is 6.18 Å². The Morgan fingerprint density at radius 1 is 1.25 bits per heavy atom. The number of hydrogen-bond acceptors (Lipinski definition) is 5. The van der Waals surface area contributed by atoms with Crippen LogP contribution >= 0.6 is 22.9 Å². The number of anilines is 2. The molecule has 0 aliphatic heterocycles. The summed E-state index contributed by atoms with van der Waals surface area (Å²) in [4.78, 5) is 15.7.